The Balaban J connectivity index is 1.25. The van der Waals surface area contributed by atoms with E-state index in [9.17, 15) is 5.26 Å². The van der Waals surface area contributed by atoms with Crippen LogP contribution in [0.4, 0.5) is 5.82 Å². The lowest BCUT2D eigenvalue weighted by molar-refractivity contribution is 0.164. The molecule has 1 fully saturated rings. The molecule has 0 radical (unpaired) electrons. The van der Waals surface area contributed by atoms with Crippen LogP contribution in [-0.4, -0.2) is 53.5 Å². The van der Waals surface area contributed by atoms with Crippen molar-refractivity contribution in [1.82, 2.24) is 34.3 Å². The highest BCUT2D eigenvalue weighted by atomic mass is 16.5. The lowest BCUT2D eigenvalue weighted by atomic mass is 10.1. The van der Waals surface area contributed by atoms with E-state index in [1.807, 2.05) is 53.6 Å². The Labute approximate surface area is 220 Å². The summed E-state index contributed by atoms with van der Waals surface area (Å²) in [6.07, 6.45) is 12.7. The maximum absolute atomic E-state index is 9.69. The molecule has 0 bridgehead atoms. The van der Waals surface area contributed by atoms with Crippen LogP contribution in [0.1, 0.15) is 38.3 Å². The van der Waals surface area contributed by atoms with Crippen LogP contribution in [0.25, 0.3) is 28.0 Å². The fourth-order valence-electron chi connectivity index (χ4n) is 4.69. The van der Waals surface area contributed by atoms with Crippen LogP contribution >= 0.6 is 0 Å². The van der Waals surface area contributed by atoms with E-state index >= 15 is 0 Å². The molecule has 5 aromatic heterocycles. The van der Waals surface area contributed by atoms with Gasteiger partial charge in [-0.2, -0.15) is 15.5 Å². The van der Waals surface area contributed by atoms with Crippen molar-refractivity contribution in [1.29, 1.82) is 5.26 Å². The summed E-state index contributed by atoms with van der Waals surface area (Å²) in [5.74, 6) is 1.58. The standard InChI is InChI=1S/C28H27N9O/c1-19(2)36-17-22(16-32-36)24-18-37-28(21(13-29)15-33-37)27(34-24)20-6-7-25(31-14-20)35-11-8-23(9-12-35)38-26-5-3-4-10-30-26/h3-7,10,14-19,23H,8-9,11-12H2,1-2H3. The second-order valence-corrected chi connectivity index (χ2v) is 9.62. The van der Waals surface area contributed by atoms with Gasteiger partial charge in [-0.15, -0.1) is 0 Å². The third-order valence-corrected chi connectivity index (χ3v) is 6.76. The highest BCUT2D eigenvalue weighted by Gasteiger charge is 2.22. The zero-order chi connectivity index (χ0) is 26.1. The predicted molar refractivity (Wildman–Crippen MR) is 143 cm³/mol. The molecule has 190 valence electrons. The van der Waals surface area contributed by atoms with E-state index in [0.717, 1.165) is 48.6 Å². The van der Waals surface area contributed by atoms with Crippen molar-refractivity contribution >= 4 is 11.3 Å². The highest BCUT2D eigenvalue weighted by molar-refractivity contribution is 5.83. The van der Waals surface area contributed by atoms with Crippen molar-refractivity contribution in [3.05, 3.63) is 73.1 Å². The molecule has 0 aliphatic carbocycles. The van der Waals surface area contributed by atoms with Crippen molar-refractivity contribution in [2.45, 2.75) is 38.8 Å². The molecule has 0 aromatic carbocycles. The Morgan fingerprint density at radius 3 is 2.53 bits per heavy atom. The largest absolute Gasteiger partial charge is 0.474 e. The van der Waals surface area contributed by atoms with E-state index < -0.39 is 0 Å². The molecule has 0 unspecified atom stereocenters. The minimum absolute atomic E-state index is 0.145. The molecule has 0 saturated carbocycles. The Morgan fingerprint density at radius 2 is 1.84 bits per heavy atom. The number of pyridine rings is 2. The molecular formula is C28H27N9O. The lowest BCUT2D eigenvalue weighted by Gasteiger charge is -2.32. The topological polar surface area (TPSA) is 110 Å². The molecule has 1 aliphatic rings. The van der Waals surface area contributed by atoms with Crippen molar-refractivity contribution in [2.75, 3.05) is 18.0 Å². The van der Waals surface area contributed by atoms with Gasteiger partial charge >= 0.3 is 0 Å². The normalized spacial score (nSPS) is 14.2. The van der Waals surface area contributed by atoms with Gasteiger partial charge in [0.15, 0.2) is 0 Å². The summed E-state index contributed by atoms with van der Waals surface area (Å²) in [4.78, 5) is 16.2. The van der Waals surface area contributed by atoms with Crippen LogP contribution in [0.3, 0.4) is 0 Å². The van der Waals surface area contributed by atoms with Gasteiger partial charge in [-0.25, -0.2) is 19.5 Å². The summed E-state index contributed by atoms with van der Waals surface area (Å²) in [7, 11) is 0. The average Bonchev–Trinajstić information content (AvgIpc) is 3.62. The number of anilines is 1. The maximum atomic E-state index is 9.69. The van der Waals surface area contributed by atoms with Gasteiger partial charge in [0.05, 0.1) is 30.0 Å². The number of piperidine rings is 1. The average molecular weight is 506 g/mol. The van der Waals surface area contributed by atoms with Gasteiger partial charge in [0.2, 0.25) is 5.88 Å². The lowest BCUT2D eigenvalue weighted by Crippen LogP contribution is -2.38. The van der Waals surface area contributed by atoms with E-state index in [-0.39, 0.29) is 12.1 Å². The summed E-state index contributed by atoms with van der Waals surface area (Å²) >= 11 is 0. The number of hydrogen-bond acceptors (Lipinski definition) is 8. The van der Waals surface area contributed by atoms with Crippen molar-refractivity contribution in [2.24, 2.45) is 0 Å². The second-order valence-electron chi connectivity index (χ2n) is 9.62. The van der Waals surface area contributed by atoms with Crippen LogP contribution in [0.15, 0.2) is 67.5 Å². The molecule has 6 heterocycles. The van der Waals surface area contributed by atoms with Gasteiger partial charge < -0.3 is 9.64 Å². The number of aromatic nitrogens is 7. The third-order valence-electron chi connectivity index (χ3n) is 6.76. The summed E-state index contributed by atoms with van der Waals surface area (Å²) in [5.41, 5.74) is 4.23. The fourth-order valence-corrected chi connectivity index (χ4v) is 4.69. The molecule has 0 atom stereocenters. The quantitative estimate of drug-likeness (QED) is 0.331. The number of ether oxygens (including phenoxy) is 1. The molecule has 0 spiro atoms. The van der Waals surface area contributed by atoms with E-state index in [4.69, 9.17) is 14.7 Å². The van der Waals surface area contributed by atoms with Crippen LogP contribution < -0.4 is 9.64 Å². The Kier molecular flexibility index (Phi) is 6.17. The maximum Gasteiger partial charge on any atom is 0.213 e. The van der Waals surface area contributed by atoms with E-state index in [0.29, 0.717) is 22.7 Å². The number of nitriles is 1. The predicted octanol–water partition coefficient (Wildman–Crippen LogP) is 4.55. The van der Waals surface area contributed by atoms with Gasteiger partial charge in [0.1, 0.15) is 29.1 Å². The summed E-state index contributed by atoms with van der Waals surface area (Å²) in [6.45, 7) is 5.86. The van der Waals surface area contributed by atoms with Gasteiger partial charge in [-0.1, -0.05) is 6.07 Å². The van der Waals surface area contributed by atoms with E-state index in [1.54, 1.807) is 23.1 Å². The van der Waals surface area contributed by atoms with Gasteiger partial charge in [-0.05, 0) is 32.0 Å². The molecule has 10 nitrogen and oxygen atoms in total. The molecule has 0 N–H and O–H groups in total. The highest BCUT2D eigenvalue weighted by Crippen LogP contribution is 2.30. The first kappa shape index (κ1) is 23.6. The van der Waals surface area contributed by atoms with Gasteiger partial charge in [0, 0.05) is 67.8 Å². The Hall–Kier alpha value is -4.78. The summed E-state index contributed by atoms with van der Waals surface area (Å²) < 4.78 is 9.63. The number of rotatable bonds is 6. The van der Waals surface area contributed by atoms with Crippen LogP contribution in [0.2, 0.25) is 0 Å². The van der Waals surface area contributed by atoms with Crippen LogP contribution in [0, 0.1) is 11.3 Å². The SMILES string of the molecule is CC(C)n1cc(-c2cn3ncc(C#N)c3c(-c3ccc(N4CCC(Oc5ccccn5)CC4)nc3)n2)cn1. The van der Waals surface area contributed by atoms with Crippen molar-refractivity contribution in [3.8, 4) is 34.5 Å². The summed E-state index contributed by atoms with van der Waals surface area (Å²) in [6, 6.07) is 12.2. The molecule has 10 heteroatoms. The molecule has 38 heavy (non-hydrogen) atoms. The van der Waals surface area contributed by atoms with Crippen molar-refractivity contribution in [3.63, 3.8) is 0 Å². The molecular weight excluding hydrogens is 478 g/mol. The van der Waals surface area contributed by atoms with Crippen molar-refractivity contribution < 1.29 is 4.74 Å². The first-order valence-electron chi connectivity index (χ1n) is 12.7. The minimum Gasteiger partial charge on any atom is -0.474 e. The van der Waals surface area contributed by atoms with Crippen LogP contribution in [0.5, 0.6) is 5.88 Å². The third kappa shape index (κ3) is 4.54. The van der Waals surface area contributed by atoms with Crippen LogP contribution in [-0.2, 0) is 0 Å². The number of hydrogen-bond donors (Lipinski definition) is 0. The van der Waals surface area contributed by atoms with Gasteiger partial charge in [-0.3, -0.25) is 4.68 Å². The number of nitrogens with zero attached hydrogens (tertiary/aromatic N) is 9. The first-order chi connectivity index (χ1) is 18.6. The van der Waals surface area contributed by atoms with Gasteiger partial charge in [0.25, 0.3) is 0 Å². The second kappa shape index (κ2) is 9.94. The van der Waals surface area contributed by atoms with E-state index in [2.05, 4.69) is 40.0 Å². The Bertz CT molecular complexity index is 1590. The fraction of sp³-hybridized carbons (Fsp3) is 0.286. The molecule has 0 amide bonds. The summed E-state index contributed by atoms with van der Waals surface area (Å²) in [5, 5.41) is 18.6. The molecule has 6 rings (SSSR count). The first-order valence-corrected chi connectivity index (χ1v) is 12.7. The Morgan fingerprint density at radius 1 is 0.974 bits per heavy atom. The molecule has 1 saturated heterocycles. The molecule has 1 aliphatic heterocycles. The minimum atomic E-state index is 0.145. The zero-order valence-corrected chi connectivity index (χ0v) is 21.3. The number of fused-ring (bicyclic) bond motifs is 1. The van der Waals surface area contributed by atoms with E-state index in [1.165, 1.54) is 0 Å². The zero-order valence-electron chi connectivity index (χ0n) is 21.3. The molecule has 5 aromatic rings. The smallest absolute Gasteiger partial charge is 0.213 e. The monoisotopic (exact) mass is 505 g/mol.